The summed E-state index contributed by atoms with van der Waals surface area (Å²) >= 11 is 0. The van der Waals surface area contributed by atoms with Crippen LogP contribution in [-0.2, 0) is 6.42 Å². The predicted octanol–water partition coefficient (Wildman–Crippen LogP) is 5.64. The first-order valence-corrected chi connectivity index (χ1v) is 7.35. The van der Waals surface area contributed by atoms with Gasteiger partial charge < -0.3 is 0 Å². The van der Waals surface area contributed by atoms with Crippen LogP contribution >= 0.6 is 0 Å². The van der Waals surface area contributed by atoms with Crippen molar-refractivity contribution in [2.75, 3.05) is 0 Å². The van der Waals surface area contributed by atoms with Crippen LogP contribution in [0.2, 0.25) is 0 Å². The maximum Gasteiger partial charge on any atom is 0.167 e. The highest BCUT2D eigenvalue weighted by Gasteiger charge is 2.31. The van der Waals surface area contributed by atoms with E-state index < -0.39 is 23.3 Å². The molecular formula is C18H16F4. The Kier molecular flexibility index (Phi) is 3.50. The van der Waals surface area contributed by atoms with Crippen LogP contribution in [0.3, 0.4) is 0 Å². The standard InChI is InChI=1S/C18H16F4/c1-4-8(2)12-7-11-6-10-5-9(3)15(19)17(21)13(10)14(11)18(22)16(12)20/h5,7-8H,4,6H2,1-3H3. The third-order valence-electron chi connectivity index (χ3n) is 4.56. The van der Waals surface area contributed by atoms with Gasteiger partial charge in [-0.15, -0.1) is 0 Å². The van der Waals surface area contributed by atoms with E-state index in [0.717, 1.165) is 0 Å². The Bertz CT molecular complexity index is 778. The second-order valence-electron chi connectivity index (χ2n) is 5.97. The molecule has 0 heterocycles. The zero-order chi connectivity index (χ0) is 16.2. The molecule has 1 atom stereocenters. The fourth-order valence-electron chi connectivity index (χ4n) is 3.12. The molecule has 1 unspecified atom stereocenters. The molecule has 0 aromatic heterocycles. The zero-order valence-corrected chi connectivity index (χ0v) is 12.7. The minimum Gasteiger partial charge on any atom is -0.203 e. The fraction of sp³-hybridized carbons (Fsp3) is 0.333. The summed E-state index contributed by atoms with van der Waals surface area (Å²) in [6.07, 6.45) is 0.966. The van der Waals surface area contributed by atoms with Crippen molar-refractivity contribution in [2.45, 2.75) is 39.5 Å². The van der Waals surface area contributed by atoms with Crippen molar-refractivity contribution in [3.05, 3.63) is 57.7 Å². The van der Waals surface area contributed by atoms with E-state index in [9.17, 15) is 17.6 Å². The molecule has 1 aliphatic rings. The lowest BCUT2D eigenvalue weighted by atomic mass is 9.93. The number of rotatable bonds is 2. The van der Waals surface area contributed by atoms with Gasteiger partial charge in [0.05, 0.1) is 0 Å². The largest absolute Gasteiger partial charge is 0.203 e. The van der Waals surface area contributed by atoms with Gasteiger partial charge in [-0.2, -0.15) is 0 Å². The Morgan fingerprint density at radius 2 is 1.45 bits per heavy atom. The Morgan fingerprint density at radius 3 is 2.05 bits per heavy atom. The second kappa shape index (κ2) is 5.11. The van der Waals surface area contributed by atoms with Crippen molar-refractivity contribution in [1.82, 2.24) is 0 Å². The maximum absolute atomic E-state index is 14.5. The van der Waals surface area contributed by atoms with Gasteiger partial charge in [-0.3, -0.25) is 0 Å². The van der Waals surface area contributed by atoms with Gasteiger partial charge in [0, 0.05) is 11.1 Å². The Hall–Kier alpha value is -1.84. The average Bonchev–Trinajstić information content (AvgIpc) is 2.86. The molecule has 0 bridgehead atoms. The van der Waals surface area contributed by atoms with E-state index in [-0.39, 0.29) is 22.6 Å². The van der Waals surface area contributed by atoms with Crippen LogP contribution < -0.4 is 0 Å². The molecule has 116 valence electrons. The quantitative estimate of drug-likeness (QED) is 0.538. The summed E-state index contributed by atoms with van der Waals surface area (Å²) < 4.78 is 56.8. The van der Waals surface area contributed by atoms with Crippen molar-refractivity contribution >= 4 is 0 Å². The molecule has 2 aromatic rings. The number of aryl methyl sites for hydroxylation is 1. The molecule has 0 saturated carbocycles. The summed E-state index contributed by atoms with van der Waals surface area (Å²) in [6.45, 7) is 5.17. The molecule has 0 N–H and O–H groups in total. The Balaban J connectivity index is 2.30. The molecule has 2 aromatic carbocycles. The number of hydrogen-bond acceptors (Lipinski definition) is 0. The molecule has 0 aliphatic heterocycles. The van der Waals surface area contributed by atoms with Gasteiger partial charge in [0.25, 0.3) is 0 Å². The van der Waals surface area contributed by atoms with Gasteiger partial charge in [0.2, 0.25) is 0 Å². The monoisotopic (exact) mass is 308 g/mol. The lowest BCUT2D eigenvalue weighted by Crippen LogP contribution is -2.03. The normalized spacial score (nSPS) is 14.0. The highest BCUT2D eigenvalue weighted by Crippen LogP contribution is 2.44. The van der Waals surface area contributed by atoms with Crippen LogP contribution in [0.5, 0.6) is 0 Å². The van der Waals surface area contributed by atoms with Gasteiger partial charge in [0.15, 0.2) is 23.3 Å². The molecule has 0 nitrogen and oxygen atoms in total. The first-order valence-electron chi connectivity index (χ1n) is 7.35. The molecule has 3 rings (SSSR count). The van der Waals surface area contributed by atoms with Gasteiger partial charge in [-0.25, -0.2) is 17.6 Å². The minimum absolute atomic E-state index is 0.129. The highest BCUT2D eigenvalue weighted by atomic mass is 19.2. The van der Waals surface area contributed by atoms with Crippen molar-refractivity contribution in [3.63, 3.8) is 0 Å². The van der Waals surface area contributed by atoms with Gasteiger partial charge in [-0.1, -0.05) is 26.0 Å². The minimum atomic E-state index is -1.09. The summed E-state index contributed by atoms with van der Waals surface area (Å²) in [5, 5.41) is 0. The molecule has 4 heteroatoms. The smallest absolute Gasteiger partial charge is 0.167 e. The molecular weight excluding hydrogens is 292 g/mol. The first-order chi connectivity index (χ1) is 10.4. The van der Waals surface area contributed by atoms with Crippen LogP contribution in [-0.4, -0.2) is 0 Å². The summed E-state index contributed by atoms with van der Waals surface area (Å²) in [5.74, 6) is -4.26. The van der Waals surface area contributed by atoms with E-state index in [1.165, 1.54) is 13.0 Å². The third kappa shape index (κ3) is 1.97. The number of fused-ring (bicyclic) bond motifs is 3. The number of hydrogen-bond donors (Lipinski definition) is 0. The summed E-state index contributed by atoms with van der Waals surface area (Å²) in [4.78, 5) is 0. The topological polar surface area (TPSA) is 0 Å². The first kappa shape index (κ1) is 15.1. The lowest BCUT2D eigenvalue weighted by molar-refractivity contribution is 0.487. The van der Waals surface area contributed by atoms with Gasteiger partial charge in [-0.05, 0) is 47.9 Å². The van der Waals surface area contributed by atoms with Crippen molar-refractivity contribution < 1.29 is 17.6 Å². The lowest BCUT2D eigenvalue weighted by Gasteiger charge is -2.14. The van der Waals surface area contributed by atoms with E-state index in [2.05, 4.69) is 0 Å². The van der Waals surface area contributed by atoms with Crippen molar-refractivity contribution in [1.29, 1.82) is 0 Å². The van der Waals surface area contributed by atoms with Crippen LogP contribution in [0.15, 0.2) is 12.1 Å². The third-order valence-corrected chi connectivity index (χ3v) is 4.56. The molecule has 0 saturated heterocycles. The van der Waals surface area contributed by atoms with E-state index in [1.807, 2.05) is 13.8 Å². The van der Waals surface area contributed by atoms with E-state index in [4.69, 9.17) is 0 Å². The zero-order valence-electron chi connectivity index (χ0n) is 12.7. The van der Waals surface area contributed by atoms with Gasteiger partial charge in [0.1, 0.15) is 0 Å². The fourth-order valence-corrected chi connectivity index (χ4v) is 3.12. The second-order valence-corrected chi connectivity index (χ2v) is 5.97. The molecule has 0 spiro atoms. The van der Waals surface area contributed by atoms with E-state index >= 15 is 0 Å². The molecule has 22 heavy (non-hydrogen) atoms. The predicted molar refractivity (Wildman–Crippen MR) is 78.0 cm³/mol. The molecule has 0 fully saturated rings. The molecule has 0 radical (unpaired) electrons. The molecule has 1 aliphatic carbocycles. The summed E-state index contributed by atoms with van der Waals surface area (Å²) in [5.41, 5.74) is 1.23. The van der Waals surface area contributed by atoms with E-state index in [0.29, 0.717) is 29.5 Å². The van der Waals surface area contributed by atoms with Crippen LogP contribution in [0.25, 0.3) is 11.1 Å². The van der Waals surface area contributed by atoms with Crippen molar-refractivity contribution in [3.8, 4) is 11.1 Å². The average molecular weight is 308 g/mol. The summed E-state index contributed by atoms with van der Waals surface area (Å²) in [6, 6.07) is 3.10. The van der Waals surface area contributed by atoms with Crippen LogP contribution in [0, 0.1) is 30.2 Å². The maximum atomic E-state index is 14.5. The van der Waals surface area contributed by atoms with Crippen LogP contribution in [0.1, 0.15) is 48.4 Å². The van der Waals surface area contributed by atoms with Gasteiger partial charge >= 0.3 is 0 Å². The highest BCUT2D eigenvalue weighted by molar-refractivity contribution is 5.79. The number of benzene rings is 2. The Morgan fingerprint density at radius 1 is 0.909 bits per heavy atom. The van der Waals surface area contributed by atoms with Crippen LogP contribution in [0.4, 0.5) is 17.6 Å². The van der Waals surface area contributed by atoms with Crippen molar-refractivity contribution in [2.24, 2.45) is 0 Å². The summed E-state index contributed by atoms with van der Waals surface area (Å²) in [7, 11) is 0. The number of halogens is 4. The SMILES string of the molecule is CCC(C)c1cc2c(c(F)c1F)-c1c(cc(C)c(F)c1F)C2. The molecule has 0 amide bonds. The van der Waals surface area contributed by atoms with E-state index in [1.54, 1.807) is 6.07 Å². The Labute approximate surface area is 126 Å².